The zero-order valence-electron chi connectivity index (χ0n) is 8.72. The van der Waals surface area contributed by atoms with Crippen molar-refractivity contribution in [3.05, 3.63) is 35.4 Å². The van der Waals surface area contributed by atoms with Crippen LogP contribution in [0.2, 0.25) is 0 Å². The Hall–Kier alpha value is -0.820. The van der Waals surface area contributed by atoms with Gasteiger partial charge in [0.05, 0.1) is 0 Å². The van der Waals surface area contributed by atoms with Crippen LogP contribution in [0.25, 0.3) is 0 Å². The van der Waals surface area contributed by atoms with Crippen LogP contribution in [-0.4, -0.2) is 11.6 Å². The molecule has 1 saturated heterocycles. The summed E-state index contributed by atoms with van der Waals surface area (Å²) in [5.41, 5.74) is 3.55. The molecule has 0 radical (unpaired) electrons. The molecular formula is C13H17N. The van der Waals surface area contributed by atoms with Gasteiger partial charge in [-0.3, -0.25) is 0 Å². The quantitative estimate of drug-likeness (QED) is 0.657. The third-order valence-electron chi connectivity index (χ3n) is 3.78. The summed E-state index contributed by atoms with van der Waals surface area (Å²) in [6.07, 6.45) is 5.18. The largest absolute Gasteiger partial charge is 0.308 e. The molecule has 1 spiro atoms. The predicted molar refractivity (Wildman–Crippen MR) is 58.4 cm³/mol. The predicted octanol–water partition coefficient (Wildman–Crippen LogP) is 2.30. The maximum atomic E-state index is 3.78. The molecular weight excluding hydrogens is 170 g/mol. The normalized spacial score (nSPS) is 28.2. The molecule has 14 heavy (non-hydrogen) atoms. The Bertz CT molecular complexity index is 331. The van der Waals surface area contributed by atoms with Gasteiger partial charge in [0.2, 0.25) is 0 Å². The Labute approximate surface area is 85.5 Å². The van der Waals surface area contributed by atoms with E-state index in [9.17, 15) is 0 Å². The van der Waals surface area contributed by atoms with Crippen LogP contribution in [0.3, 0.4) is 0 Å². The zero-order chi connectivity index (χ0) is 9.60. The smallest absolute Gasteiger partial charge is 0.0265 e. The molecule has 3 rings (SSSR count). The molecule has 1 atom stereocenters. The SMILES string of the molecule is C[C@@H]1CCC2(Cc3ccccc3C2)N1. The second-order valence-electron chi connectivity index (χ2n) is 4.99. The first-order chi connectivity index (χ1) is 6.77. The molecule has 1 aromatic carbocycles. The van der Waals surface area contributed by atoms with Gasteiger partial charge in [0, 0.05) is 11.6 Å². The number of hydrogen-bond donors (Lipinski definition) is 1. The van der Waals surface area contributed by atoms with E-state index in [1.165, 1.54) is 25.7 Å². The van der Waals surface area contributed by atoms with E-state index in [2.05, 4.69) is 36.5 Å². The molecule has 1 aliphatic heterocycles. The molecule has 0 saturated carbocycles. The Kier molecular flexibility index (Phi) is 1.72. The molecule has 1 nitrogen and oxygen atoms in total. The van der Waals surface area contributed by atoms with Gasteiger partial charge in [-0.05, 0) is 43.7 Å². The third kappa shape index (κ3) is 1.19. The molecule has 1 aromatic rings. The van der Waals surface area contributed by atoms with Crippen molar-refractivity contribution in [2.24, 2.45) is 0 Å². The molecule has 1 heteroatoms. The van der Waals surface area contributed by atoms with Gasteiger partial charge in [0.25, 0.3) is 0 Å². The first kappa shape index (κ1) is 8.49. The van der Waals surface area contributed by atoms with Gasteiger partial charge in [-0.25, -0.2) is 0 Å². The van der Waals surface area contributed by atoms with Gasteiger partial charge in [0.1, 0.15) is 0 Å². The highest BCUT2D eigenvalue weighted by Crippen LogP contribution is 2.37. The fraction of sp³-hybridized carbons (Fsp3) is 0.538. The summed E-state index contributed by atoms with van der Waals surface area (Å²) in [6.45, 7) is 2.30. The van der Waals surface area contributed by atoms with E-state index in [-0.39, 0.29) is 0 Å². The molecule has 1 heterocycles. The van der Waals surface area contributed by atoms with E-state index < -0.39 is 0 Å². The highest BCUT2D eigenvalue weighted by molar-refractivity contribution is 5.37. The summed E-state index contributed by atoms with van der Waals surface area (Å²) < 4.78 is 0. The minimum Gasteiger partial charge on any atom is -0.308 e. The number of rotatable bonds is 0. The molecule has 0 aromatic heterocycles. The Morgan fingerprint density at radius 2 is 1.86 bits per heavy atom. The van der Waals surface area contributed by atoms with Crippen LogP contribution in [0.5, 0.6) is 0 Å². The molecule has 2 aliphatic rings. The summed E-state index contributed by atoms with van der Waals surface area (Å²) in [7, 11) is 0. The van der Waals surface area contributed by atoms with E-state index in [0.717, 1.165) is 0 Å². The van der Waals surface area contributed by atoms with E-state index in [4.69, 9.17) is 0 Å². The van der Waals surface area contributed by atoms with Crippen LogP contribution in [0.4, 0.5) is 0 Å². The van der Waals surface area contributed by atoms with Crippen LogP contribution in [0, 0.1) is 0 Å². The van der Waals surface area contributed by atoms with E-state index in [1.807, 2.05) is 0 Å². The van der Waals surface area contributed by atoms with Crippen molar-refractivity contribution in [3.8, 4) is 0 Å². The molecule has 0 unspecified atom stereocenters. The van der Waals surface area contributed by atoms with Crippen LogP contribution in [-0.2, 0) is 12.8 Å². The van der Waals surface area contributed by atoms with Gasteiger partial charge >= 0.3 is 0 Å². The van der Waals surface area contributed by atoms with Gasteiger partial charge in [-0.15, -0.1) is 0 Å². The highest BCUT2D eigenvalue weighted by atomic mass is 15.0. The Morgan fingerprint density at radius 1 is 1.21 bits per heavy atom. The summed E-state index contributed by atoms with van der Waals surface area (Å²) in [4.78, 5) is 0. The van der Waals surface area contributed by atoms with Crippen molar-refractivity contribution in [3.63, 3.8) is 0 Å². The number of hydrogen-bond acceptors (Lipinski definition) is 1. The first-order valence-corrected chi connectivity index (χ1v) is 5.62. The zero-order valence-corrected chi connectivity index (χ0v) is 8.72. The maximum absolute atomic E-state index is 3.78. The Balaban J connectivity index is 1.91. The summed E-state index contributed by atoms with van der Waals surface area (Å²) in [5.74, 6) is 0. The van der Waals surface area contributed by atoms with Crippen LogP contribution < -0.4 is 5.32 Å². The topological polar surface area (TPSA) is 12.0 Å². The molecule has 74 valence electrons. The monoisotopic (exact) mass is 187 g/mol. The van der Waals surface area contributed by atoms with Crippen LogP contribution in [0.15, 0.2) is 24.3 Å². The molecule has 1 N–H and O–H groups in total. The fourth-order valence-corrected chi connectivity index (χ4v) is 3.13. The summed E-state index contributed by atoms with van der Waals surface area (Å²) in [6, 6.07) is 9.61. The minimum absolute atomic E-state index is 0.420. The number of fused-ring (bicyclic) bond motifs is 1. The highest BCUT2D eigenvalue weighted by Gasteiger charge is 2.41. The lowest BCUT2D eigenvalue weighted by molar-refractivity contribution is 0.380. The van der Waals surface area contributed by atoms with Gasteiger partial charge in [-0.1, -0.05) is 24.3 Å². The molecule has 1 fully saturated rings. The molecule has 0 amide bonds. The fourth-order valence-electron chi connectivity index (χ4n) is 3.13. The molecule has 1 aliphatic carbocycles. The second kappa shape index (κ2) is 2.83. The van der Waals surface area contributed by atoms with Crippen molar-refractivity contribution in [2.45, 2.75) is 44.2 Å². The minimum atomic E-state index is 0.420. The van der Waals surface area contributed by atoms with Crippen molar-refractivity contribution in [1.29, 1.82) is 0 Å². The number of benzene rings is 1. The van der Waals surface area contributed by atoms with Crippen molar-refractivity contribution in [2.75, 3.05) is 0 Å². The van der Waals surface area contributed by atoms with E-state index >= 15 is 0 Å². The first-order valence-electron chi connectivity index (χ1n) is 5.62. The van der Waals surface area contributed by atoms with Gasteiger partial charge in [0.15, 0.2) is 0 Å². The van der Waals surface area contributed by atoms with E-state index in [1.54, 1.807) is 11.1 Å². The standard InChI is InChI=1S/C13H17N/c1-10-6-7-13(14-10)8-11-4-2-3-5-12(11)9-13/h2-5,10,14H,6-9H2,1H3/t10-/m1/s1. The van der Waals surface area contributed by atoms with Crippen LogP contribution in [0.1, 0.15) is 30.9 Å². The average Bonchev–Trinajstić information content (AvgIpc) is 2.69. The lowest BCUT2D eigenvalue weighted by Gasteiger charge is -2.24. The van der Waals surface area contributed by atoms with E-state index in [0.29, 0.717) is 11.6 Å². The van der Waals surface area contributed by atoms with Crippen molar-refractivity contribution >= 4 is 0 Å². The second-order valence-corrected chi connectivity index (χ2v) is 4.99. The molecule has 0 bridgehead atoms. The van der Waals surface area contributed by atoms with Gasteiger partial charge in [-0.2, -0.15) is 0 Å². The lowest BCUT2D eigenvalue weighted by Crippen LogP contribution is -2.43. The van der Waals surface area contributed by atoms with Crippen molar-refractivity contribution in [1.82, 2.24) is 5.32 Å². The average molecular weight is 187 g/mol. The number of nitrogens with one attached hydrogen (secondary N) is 1. The summed E-state index contributed by atoms with van der Waals surface area (Å²) >= 11 is 0. The van der Waals surface area contributed by atoms with Crippen LogP contribution >= 0.6 is 0 Å². The maximum Gasteiger partial charge on any atom is 0.0265 e. The summed E-state index contributed by atoms with van der Waals surface area (Å²) in [5, 5.41) is 3.78. The third-order valence-corrected chi connectivity index (χ3v) is 3.78. The van der Waals surface area contributed by atoms with Gasteiger partial charge < -0.3 is 5.32 Å². The Morgan fingerprint density at radius 3 is 2.36 bits per heavy atom. The van der Waals surface area contributed by atoms with Crippen molar-refractivity contribution < 1.29 is 0 Å². The lowest BCUT2D eigenvalue weighted by atomic mass is 9.94.